The summed E-state index contributed by atoms with van der Waals surface area (Å²) in [4.78, 5) is 25.6. The molecule has 0 bridgehead atoms. The molecule has 0 radical (unpaired) electrons. The van der Waals surface area contributed by atoms with E-state index in [2.05, 4.69) is 22.3 Å². The maximum Gasteiger partial charge on any atom is 0.412 e. The third-order valence-electron chi connectivity index (χ3n) is 5.57. The van der Waals surface area contributed by atoms with Crippen LogP contribution < -0.4 is 5.32 Å². The van der Waals surface area contributed by atoms with E-state index < -0.39 is 23.6 Å². The Labute approximate surface area is 207 Å². The van der Waals surface area contributed by atoms with Crippen molar-refractivity contribution in [2.24, 2.45) is 0 Å². The molecule has 1 saturated carbocycles. The lowest BCUT2D eigenvalue weighted by Crippen LogP contribution is -2.17. The highest BCUT2D eigenvalue weighted by Crippen LogP contribution is 2.52. The minimum absolute atomic E-state index is 0.0335. The first-order valence-corrected chi connectivity index (χ1v) is 12.3. The van der Waals surface area contributed by atoms with E-state index >= 15 is 0 Å². The van der Waals surface area contributed by atoms with Crippen molar-refractivity contribution in [1.29, 1.82) is 0 Å². The normalized spacial score (nSPS) is 14.8. The highest BCUT2D eigenvalue weighted by atomic mass is 35.5. The Morgan fingerprint density at radius 1 is 1.24 bits per heavy atom. The average Bonchev–Trinajstić information content (AvgIpc) is 3.26. The molecular formula is C24H17ClN2O5S2. The van der Waals surface area contributed by atoms with Crippen LogP contribution in [0.3, 0.4) is 0 Å². The van der Waals surface area contributed by atoms with E-state index in [9.17, 15) is 14.7 Å². The largest absolute Gasteiger partial charge is 0.481 e. The highest BCUT2D eigenvalue weighted by Gasteiger charge is 2.53. The molecule has 172 valence electrons. The summed E-state index contributed by atoms with van der Waals surface area (Å²) in [6, 6.07) is 13.2. The number of rotatable bonds is 5. The van der Waals surface area contributed by atoms with E-state index in [-0.39, 0.29) is 16.6 Å². The van der Waals surface area contributed by atoms with Crippen LogP contribution in [0.25, 0.3) is 9.40 Å². The van der Waals surface area contributed by atoms with Gasteiger partial charge >= 0.3 is 12.1 Å². The van der Waals surface area contributed by atoms with Crippen LogP contribution >= 0.6 is 34.3 Å². The van der Waals surface area contributed by atoms with E-state index in [1.807, 2.05) is 42.5 Å². The van der Waals surface area contributed by atoms with Crippen LogP contribution in [0.1, 0.15) is 46.9 Å². The summed E-state index contributed by atoms with van der Waals surface area (Å²) in [6.45, 7) is 1.76. The number of carboxylic acids is 1. The molecule has 0 spiro atoms. The predicted octanol–water partition coefficient (Wildman–Crippen LogP) is 6.43. The molecule has 4 aromatic rings. The van der Waals surface area contributed by atoms with Crippen LogP contribution in [0.2, 0.25) is 5.15 Å². The van der Waals surface area contributed by atoms with E-state index in [0.29, 0.717) is 12.8 Å². The van der Waals surface area contributed by atoms with Gasteiger partial charge in [-0.1, -0.05) is 47.1 Å². The summed E-state index contributed by atoms with van der Waals surface area (Å²) in [5.41, 5.74) is 0.280. The van der Waals surface area contributed by atoms with Gasteiger partial charge in [-0.25, -0.2) is 4.79 Å². The number of aromatic nitrogens is 1. The second-order valence-electron chi connectivity index (χ2n) is 7.86. The zero-order valence-electron chi connectivity index (χ0n) is 17.8. The number of benzene rings is 1. The fraction of sp³-hybridized carbons (Fsp3) is 0.208. The molecule has 3 aromatic heterocycles. The van der Waals surface area contributed by atoms with Gasteiger partial charge in [0.25, 0.3) is 0 Å². The number of carbonyl (C=O) groups is 2. The molecule has 1 aliphatic carbocycles. The SMILES string of the molecule is CC(OC(=O)Nc1c(Cl)noc1C#Cc1cc2cc(C3(C(=O)O)CC3)sc2s1)c1ccccc1. The Balaban J connectivity index is 1.30. The van der Waals surface area contributed by atoms with Crippen molar-refractivity contribution in [2.75, 3.05) is 5.32 Å². The van der Waals surface area contributed by atoms with Gasteiger partial charge in [0.15, 0.2) is 5.15 Å². The molecule has 1 atom stereocenters. The highest BCUT2D eigenvalue weighted by molar-refractivity contribution is 7.38. The van der Waals surface area contributed by atoms with Crippen molar-refractivity contribution in [3.63, 3.8) is 0 Å². The van der Waals surface area contributed by atoms with Crippen molar-refractivity contribution >= 4 is 61.4 Å². The Kier molecular flexibility index (Phi) is 5.81. The first kappa shape index (κ1) is 22.5. The van der Waals surface area contributed by atoms with Crippen LogP contribution in [0.15, 0.2) is 47.0 Å². The Morgan fingerprint density at radius 3 is 2.68 bits per heavy atom. The number of nitrogens with zero attached hydrogens (tertiary/aromatic N) is 1. The molecule has 0 aliphatic heterocycles. The molecule has 3 heterocycles. The third kappa shape index (κ3) is 4.28. The number of hydrogen-bond acceptors (Lipinski definition) is 7. The van der Waals surface area contributed by atoms with Gasteiger partial charge in [-0.15, -0.1) is 22.7 Å². The fourth-order valence-corrected chi connectivity index (χ4v) is 6.20. The molecule has 0 saturated heterocycles. The molecule has 34 heavy (non-hydrogen) atoms. The topological polar surface area (TPSA) is 102 Å². The molecule has 10 heteroatoms. The van der Waals surface area contributed by atoms with Gasteiger partial charge in [-0.2, -0.15) is 0 Å². The van der Waals surface area contributed by atoms with Gasteiger partial charge in [-0.3, -0.25) is 10.1 Å². The molecule has 1 aliphatic rings. The number of fused-ring (bicyclic) bond motifs is 1. The quantitative estimate of drug-likeness (QED) is 0.299. The van der Waals surface area contributed by atoms with Crippen LogP contribution in [0, 0.1) is 11.8 Å². The lowest BCUT2D eigenvalue weighted by atomic mass is 10.1. The maximum atomic E-state index is 12.4. The molecule has 1 amide bonds. The first-order valence-electron chi connectivity index (χ1n) is 10.3. The number of hydrogen-bond donors (Lipinski definition) is 2. The van der Waals surface area contributed by atoms with Gasteiger partial charge < -0.3 is 14.4 Å². The van der Waals surface area contributed by atoms with Crippen LogP contribution in [0.4, 0.5) is 10.5 Å². The zero-order valence-corrected chi connectivity index (χ0v) is 20.1. The average molecular weight is 513 g/mol. The molecule has 1 unspecified atom stereocenters. The number of aliphatic carboxylic acids is 1. The maximum absolute atomic E-state index is 12.4. The Morgan fingerprint density at radius 2 is 2.00 bits per heavy atom. The van der Waals surface area contributed by atoms with Crippen molar-refractivity contribution in [3.8, 4) is 11.8 Å². The smallest absolute Gasteiger partial charge is 0.412 e. The second-order valence-corrected chi connectivity index (χ2v) is 10.6. The number of carboxylic acid groups (broad SMARTS) is 1. The second kappa shape index (κ2) is 8.80. The van der Waals surface area contributed by atoms with E-state index in [0.717, 1.165) is 24.7 Å². The minimum atomic E-state index is -0.764. The number of carbonyl (C=O) groups excluding carboxylic acids is 1. The number of thiophene rings is 2. The van der Waals surface area contributed by atoms with Gasteiger partial charge in [0.2, 0.25) is 5.76 Å². The Bertz CT molecular complexity index is 1430. The minimum Gasteiger partial charge on any atom is -0.481 e. The van der Waals surface area contributed by atoms with Crippen LogP contribution in [-0.2, 0) is 14.9 Å². The number of amides is 1. The summed E-state index contributed by atoms with van der Waals surface area (Å²) >= 11 is 9.04. The molecule has 2 N–H and O–H groups in total. The van der Waals surface area contributed by atoms with Gasteiger partial charge in [-0.05, 0) is 49.3 Å². The molecule has 7 nitrogen and oxygen atoms in total. The summed E-state index contributed by atoms with van der Waals surface area (Å²) in [5.74, 6) is 5.20. The summed E-state index contributed by atoms with van der Waals surface area (Å²) in [5, 5.41) is 16.7. The van der Waals surface area contributed by atoms with Crippen molar-refractivity contribution in [1.82, 2.24) is 5.16 Å². The molecule has 1 fully saturated rings. The third-order valence-corrected chi connectivity index (χ3v) is 8.34. The molecule has 1 aromatic carbocycles. The lowest BCUT2D eigenvalue weighted by Gasteiger charge is -2.13. The van der Waals surface area contributed by atoms with E-state index in [1.54, 1.807) is 6.92 Å². The molecular weight excluding hydrogens is 496 g/mol. The number of ether oxygens (including phenoxy) is 1. The van der Waals surface area contributed by atoms with E-state index in [4.69, 9.17) is 20.9 Å². The van der Waals surface area contributed by atoms with Gasteiger partial charge in [0, 0.05) is 10.3 Å². The van der Waals surface area contributed by atoms with E-state index in [1.165, 1.54) is 22.7 Å². The first-order chi connectivity index (χ1) is 16.4. The fourth-order valence-electron chi connectivity index (χ4n) is 3.49. The van der Waals surface area contributed by atoms with Crippen molar-refractivity contribution in [3.05, 3.63) is 68.7 Å². The zero-order chi connectivity index (χ0) is 23.9. The predicted molar refractivity (Wildman–Crippen MR) is 131 cm³/mol. The van der Waals surface area contributed by atoms with Crippen LogP contribution in [0.5, 0.6) is 0 Å². The Hall–Kier alpha value is -3.32. The summed E-state index contributed by atoms with van der Waals surface area (Å²) < 4.78 is 11.6. The lowest BCUT2D eigenvalue weighted by molar-refractivity contribution is -0.139. The van der Waals surface area contributed by atoms with Crippen molar-refractivity contribution < 1.29 is 24.0 Å². The van der Waals surface area contributed by atoms with Crippen molar-refractivity contribution in [2.45, 2.75) is 31.3 Å². The van der Waals surface area contributed by atoms with Crippen LogP contribution in [-0.4, -0.2) is 22.3 Å². The number of nitrogens with one attached hydrogen (secondary N) is 1. The number of anilines is 1. The standard InChI is InChI=1S/C24H17ClN2O5S2/c1-13(14-5-3-2-4-6-14)31-23(30)26-19-17(32-27-20(19)25)8-7-16-11-15-12-18(34-21(15)33-16)24(9-10-24)22(28)29/h2-6,11-13H,9-10H2,1H3,(H,26,30)(H,28,29). The summed E-state index contributed by atoms with van der Waals surface area (Å²) in [7, 11) is 0. The summed E-state index contributed by atoms with van der Waals surface area (Å²) in [6.07, 6.45) is 0.185. The van der Waals surface area contributed by atoms with Gasteiger partial charge in [0.05, 0.1) is 8.89 Å². The molecule has 5 rings (SSSR count). The van der Waals surface area contributed by atoms with Gasteiger partial charge in [0.1, 0.15) is 17.2 Å². The number of halogens is 1. The monoisotopic (exact) mass is 512 g/mol.